The number of benzene rings is 1. The van der Waals surface area contributed by atoms with E-state index in [4.69, 9.17) is 10.1 Å². The van der Waals surface area contributed by atoms with Gasteiger partial charge in [-0.1, -0.05) is 30.3 Å². The molecule has 1 aromatic carbocycles. The average Bonchev–Trinajstić information content (AvgIpc) is 3.18. The molecule has 2 aromatic rings. The summed E-state index contributed by atoms with van der Waals surface area (Å²) in [4.78, 5) is 7.03. The Hall–Kier alpha value is -1.73. The molecule has 7 heteroatoms. The van der Waals surface area contributed by atoms with Gasteiger partial charge in [-0.3, -0.25) is 0 Å². The minimum atomic E-state index is -2.95. The van der Waals surface area contributed by atoms with Crippen LogP contribution in [0.1, 0.15) is 42.5 Å². The van der Waals surface area contributed by atoms with Crippen molar-refractivity contribution in [1.82, 2.24) is 19.7 Å². The molecule has 0 bridgehead atoms. The highest BCUT2D eigenvalue weighted by Crippen LogP contribution is 2.52. The topological polar surface area (TPSA) is 68.1 Å². The van der Waals surface area contributed by atoms with Crippen molar-refractivity contribution in [2.75, 3.05) is 32.1 Å². The van der Waals surface area contributed by atoms with Gasteiger partial charge in [0.1, 0.15) is 5.82 Å². The first-order valence-electron chi connectivity index (χ1n) is 9.26. The second-order valence-electron chi connectivity index (χ2n) is 7.85. The summed E-state index contributed by atoms with van der Waals surface area (Å²) in [6.07, 6.45) is 3.52. The molecule has 26 heavy (non-hydrogen) atoms. The Morgan fingerprint density at radius 1 is 1.23 bits per heavy atom. The van der Waals surface area contributed by atoms with Crippen molar-refractivity contribution in [3.05, 3.63) is 47.5 Å². The number of rotatable bonds is 6. The Morgan fingerprint density at radius 3 is 2.54 bits per heavy atom. The van der Waals surface area contributed by atoms with Crippen molar-refractivity contribution in [2.24, 2.45) is 0 Å². The van der Waals surface area contributed by atoms with E-state index in [-0.39, 0.29) is 23.0 Å². The molecule has 0 radical (unpaired) electrons. The molecule has 2 fully saturated rings. The highest BCUT2D eigenvalue weighted by atomic mass is 32.2. The van der Waals surface area contributed by atoms with Crippen molar-refractivity contribution >= 4 is 9.84 Å². The van der Waals surface area contributed by atoms with E-state index in [1.807, 2.05) is 24.8 Å². The van der Waals surface area contributed by atoms with Crippen LogP contribution in [0.2, 0.25) is 0 Å². The Labute approximate surface area is 155 Å². The van der Waals surface area contributed by atoms with Gasteiger partial charge >= 0.3 is 0 Å². The fourth-order valence-electron chi connectivity index (χ4n) is 3.84. The Bertz CT molecular complexity index is 886. The van der Waals surface area contributed by atoms with Crippen LogP contribution in [0.25, 0.3) is 0 Å². The van der Waals surface area contributed by atoms with Crippen molar-refractivity contribution in [3.63, 3.8) is 0 Å². The second-order valence-corrected chi connectivity index (χ2v) is 10.1. The summed E-state index contributed by atoms with van der Waals surface area (Å²) in [6.45, 7) is 0.871. The fourth-order valence-corrected chi connectivity index (χ4v) is 5.53. The van der Waals surface area contributed by atoms with E-state index in [0.717, 1.165) is 37.5 Å². The van der Waals surface area contributed by atoms with Crippen LogP contribution in [-0.2, 0) is 21.7 Å². The normalized spacial score (nSPS) is 23.4. The number of sulfone groups is 1. The summed E-state index contributed by atoms with van der Waals surface area (Å²) in [5.41, 5.74) is 1.17. The summed E-state index contributed by atoms with van der Waals surface area (Å²) in [6, 6.07) is 10.4. The smallest absolute Gasteiger partial charge is 0.161 e. The number of hydrogen-bond acceptors (Lipinski definition) is 5. The third kappa shape index (κ3) is 3.30. The predicted molar refractivity (Wildman–Crippen MR) is 101 cm³/mol. The van der Waals surface area contributed by atoms with Gasteiger partial charge in [0, 0.05) is 13.0 Å². The molecule has 1 aliphatic heterocycles. The predicted octanol–water partition coefficient (Wildman–Crippen LogP) is 1.82. The first-order chi connectivity index (χ1) is 12.4. The molecular weight excluding hydrogens is 348 g/mol. The lowest BCUT2D eigenvalue weighted by Crippen LogP contribution is -2.20. The van der Waals surface area contributed by atoms with E-state index in [1.54, 1.807) is 0 Å². The zero-order valence-corrected chi connectivity index (χ0v) is 16.2. The van der Waals surface area contributed by atoms with Crippen LogP contribution in [0.3, 0.4) is 0 Å². The Balaban J connectivity index is 1.70. The molecule has 0 N–H and O–H groups in total. The van der Waals surface area contributed by atoms with Gasteiger partial charge in [-0.15, -0.1) is 0 Å². The van der Waals surface area contributed by atoms with Crippen LogP contribution in [0.5, 0.6) is 0 Å². The van der Waals surface area contributed by atoms with Gasteiger partial charge in [0.25, 0.3) is 0 Å². The maximum Gasteiger partial charge on any atom is 0.161 e. The lowest BCUT2D eigenvalue weighted by molar-refractivity contribution is 0.395. The lowest BCUT2D eigenvalue weighted by Gasteiger charge is -2.14. The van der Waals surface area contributed by atoms with Crippen LogP contribution >= 0.6 is 0 Å². The van der Waals surface area contributed by atoms with Crippen molar-refractivity contribution in [3.8, 4) is 0 Å². The maximum absolute atomic E-state index is 12.0. The maximum atomic E-state index is 12.0. The Morgan fingerprint density at radius 2 is 1.96 bits per heavy atom. The molecule has 6 nitrogen and oxygen atoms in total. The quantitative estimate of drug-likeness (QED) is 0.772. The van der Waals surface area contributed by atoms with E-state index >= 15 is 0 Å². The van der Waals surface area contributed by atoms with Crippen LogP contribution in [0, 0.1) is 0 Å². The Kier molecular flexibility index (Phi) is 4.39. The minimum Gasteiger partial charge on any atom is -0.309 e. The number of likely N-dealkylation sites (N-methyl/N-ethyl adjacent to an activating group) is 1. The zero-order chi connectivity index (χ0) is 18.4. The van der Waals surface area contributed by atoms with E-state index < -0.39 is 9.84 Å². The summed E-state index contributed by atoms with van der Waals surface area (Å²) >= 11 is 0. The molecule has 1 aromatic heterocycles. The standard InChI is InChI=1S/C19H26N4O2S/c1-22(2)12-8-17-20-18(19(10-11-19)15-6-4-3-5-7-15)21-23(17)16-9-13-26(24,25)14-16/h3-7,16H,8-14H2,1-2H3. The molecule has 1 unspecified atom stereocenters. The van der Waals surface area contributed by atoms with Gasteiger partial charge in [-0.2, -0.15) is 5.10 Å². The number of nitrogens with zero attached hydrogens (tertiary/aromatic N) is 4. The second kappa shape index (κ2) is 6.46. The van der Waals surface area contributed by atoms with Crippen LogP contribution < -0.4 is 0 Å². The van der Waals surface area contributed by atoms with E-state index in [0.29, 0.717) is 6.42 Å². The molecule has 1 saturated carbocycles. The minimum absolute atomic E-state index is 0.0787. The van der Waals surface area contributed by atoms with E-state index in [9.17, 15) is 8.42 Å². The van der Waals surface area contributed by atoms with Gasteiger partial charge in [-0.05, 0) is 38.9 Å². The highest BCUT2D eigenvalue weighted by Gasteiger charge is 2.50. The fraction of sp³-hybridized carbons (Fsp3) is 0.579. The van der Waals surface area contributed by atoms with Crippen LogP contribution in [0.4, 0.5) is 0 Å². The van der Waals surface area contributed by atoms with E-state index in [1.165, 1.54) is 5.56 Å². The monoisotopic (exact) mass is 374 g/mol. The van der Waals surface area contributed by atoms with E-state index in [2.05, 4.69) is 29.2 Å². The molecule has 2 aliphatic rings. The van der Waals surface area contributed by atoms with Gasteiger partial charge in [0.15, 0.2) is 15.7 Å². The third-order valence-corrected chi connectivity index (χ3v) is 7.29. The summed E-state index contributed by atoms with van der Waals surface area (Å²) in [5.74, 6) is 2.21. The zero-order valence-electron chi connectivity index (χ0n) is 15.4. The molecule has 0 amide bonds. The summed E-state index contributed by atoms with van der Waals surface area (Å²) in [7, 11) is 1.12. The highest BCUT2D eigenvalue weighted by molar-refractivity contribution is 7.91. The molecule has 1 saturated heterocycles. The van der Waals surface area contributed by atoms with Crippen molar-refractivity contribution in [2.45, 2.75) is 37.1 Å². The molecule has 1 aliphatic carbocycles. The lowest BCUT2D eigenvalue weighted by atomic mass is 9.95. The summed E-state index contributed by atoms with van der Waals surface area (Å²) < 4.78 is 25.8. The molecule has 2 heterocycles. The molecule has 0 spiro atoms. The molecular formula is C19H26N4O2S. The molecule has 4 rings (SSSR count). The largest absolute Gasteiger partial charge is 0.309 e. The van der Waals surface area contributed by atoms with Gasteiger partial charge in [-0.25, -0.2) is 18.1 Å². The number of aromatic nitrogens is 3. The van der Waals surface area contributed by atoms with Gasteiger partial charge in [0.2, 0.25) is 0 Å². The SMILES string of the molecule is CN(C)CCc1nc(C2(c3ccccc3)CC2)nn1C1CCS(=O)(=O)C1. The number of hydrogen-bond donors (Lipinski definition) is 0. The molecule has 1 atom stereocenters. The average molecular weight is 375 g/mol. The van der Waals surface area contributed by atoms with Crippen molar-refractivity contribution < 1.29 is 8.42 Å². The third-order valence-electron chi connectivity index (χ3n) is 5.54. The van der Waals surface area contributed by atoms with Gasteiger partial charge in [0.05, 0.1) is 23.0 Å². The summed E-state index contributed by atoms with van der Waals surface area (Å²) in [5, 5.41) is 4.87. The van der Waals surface area contributed by atoms with Gasteiger partial charge < -0.3 is 4.90 Å². The molecule has 140 valence electrons. The van der Waals surface area contributed by atoms with Crippen molar-refractivity contribution in [1.29, 1.82) is 0 Å². The first-order valence-corrected chi connectivity index (χ1v) is 11.1. The van der Waals surface area contributed by atoms with Crippen LogP contribution in [-0.4, -0.2) is 60.2 Å². The first kappa shape index (κ1) is 17.7. The van der Waals surface area contributed by atoms with Crippen LogP contribution in [0.15, 0.2) is 30.3 Å².